The average Bonchev–Trinajstić information content (AvgIpc) is 3.15. The smallest absolute Gasteiger partial charge is 0.251 e. The summed E-state index contributed by atoms with van der Waals surface area (Å²) >= 11 is 0. The summed E-state index contributed by atoms with van der Waals surface area (Å²) in [5.74, 6) is 0.238. The van der Waals surface area contributed by atoms with E-state index in [-0.39, 0.29) is 12.5 Å². The number of nitrogens with zero attached hydrogens (tertiary/aromatic N) is 2. The molecule has 2 N–H and O–H groups in total. The number of aromatic nitrogens is 2. The van der Waals surface area contributed by atoms with Gasteiger partial charge < -0.3 is 14.9 Å². The zero-order valence-electron chi connectivity index (χ0n) is 12.9. The van der Waals surface area contributed by atoms with Gasteiger partial charge in [-0.25, -0.2) is 0 Å². The zero-order valence-corrected chi connectivity index (χ0v) is 12.9. The molecule has 6 heteroatoms. The Morgan fingerprint density at radius 1 is 1.12 bits per heavy atom. The predicted molar refractivity (Wildman–Crippen MR) is 88.2 cm³/mol. The Labute approximate surface area is 139 Å². The number of hydrogen-bond acceptors (Lipinski definition) is 5. The van der Waals surface area contributed by atoms with Crippen LogP contribution in [0.1, 0.15) is 15.9 Å². The third kappa shape index (κ3) is 4.05. The summed E-state index contributed by atoms with van der Waals surface area (Å²) in [7, 11) is 0. The molecule has 0 radical (unpaired) electrons. The van der Waals surface area contributed by atoms with Gasteiger partial charge in [0.2, 0.25) is 12.2 Å². The maximum Gasteiger partial charge on any atom is 0.251 e. The highest BCUT2D eigenvalue weighted by Crippen LogP contribution is 2.15. The number of benzene rings is 2. The fourth-order valence-corrected chi connectivity index (χ4v) is 2.34. The van der Waals surface area contributed by atoms with E-state index in [0.717, 1.165) is 11.1 Å². The lowest BCUT2D eigenvalue weighted by molar-refractivity contribution is 0.0916. The summed E-state index contributed by atoms with van der Waals surface area (Å²) in [6.45, 7) is 0.195. The van der Waals surface area contributed by atoms with Crippen molar-refractivity contribution >= 4 is 5.91 Å². The maximum absolute atomic E-state index is 12.1. The van der Waals surface area contributed by atoms with Gasteiger partial charge in [0.05, 0.1) is 6.10 Å². The normalized spacial score (nSPS) is 11.9. The lowest BCUT2D eigenvalue weighted by atomic mass is 10.1. The molecule has 6 nitrogen and oxygen atoms in total. The molecule has 0 aliphatic carbocycles. The first-order valence-electron chi connectivity index (χ1n) is 7.59. The van der Waals surface area contributed by atoms with Crippen LogP contribution >= 0.6 is 0 Å². The van der Waals surface area contributed by atoms with Gasteiger partial charge >= 0.3 is 0 Å². The van der Waals surface area contributed by atoms with E-state index in [1.807, 2.05) is 30.3 Å². The first-order valence-corrected chi connectivity index (χ1v) is 7.59. The summed E-state index contributed by atoms with van der Waals surface area (Å²) in [6, 6.07) is 16.5. The number of nitrogens with one attached hydrogen (secondary N) is 1. The number of carbonyl (C=O) groups excluding carboxylic acids is 1. The van der Waals surface area contributed by atoms with Gasteiger partial charge in [-0.05, 0) is 17.7 Å². The summed E-state index contributed by atoms with van der Waals surface area (Å²) in [5.41, 5.74) is 2.31. The highest BCUT2D eigenvalue weighted by Gasteiger charge is 2.10. The fraction of sp³-hybridized carbons (Fsp3) is 0.167. The van der Waals surface area contributed by atoms with Crippen molar-refractivity contribution in [2.24, 2.45) is 0 Å². The van der Waals surface area contributed by atoms with Crippen molar-refractivity contribution in [3.63, 3.8) is 0 Å². The monoisotopic (exact) mass is 323 g/mol. The second-order valence-corrected chi connectivity index (χ2v) is 5.39. The molecule has 3 aromatic rings. The highest BCUT2D eigenvalue weighted by molar-refractivity contribution is 5.94. The SMILES string of the molecule is O=C(NCC(O)Cc1ccccc1)c1ccc(-c2ncon2)cc1. The quantitative estimate of drug-likeness (QED) is 0.725. The molecule has 122 valence electrons. The maximum atomic E-state index is 12.1. The zero-order chi connectivity index (χ0) is 16.8. The minimum Gasteiger partial charge on any atom is -0.391 e. The van der Waals surface area contributed by atoms with Gasteiger partial charge in [0, 0.05) is 24.1 Å². The second kappa shape index (κ2) is 7.52. The molecule has 0 saturated heterocycles. The van der Waals surface area contributed by atoms with Crippen molar-refractivity contribution in [3.8, 4) is 11.4 Å². The van der Waals surface area contributed by atoms with Crippen LogP contribution in [0.25, 0.3) is 11.4 Å². The van der Waals surface area contributed by atoms with E-state index < -0.39 is 6.10 Å². The van der Waals surface area contributed by atoms with E-state index in [1.165, 1.54) is 6.39 Å². The largest absolute Gasteiger partial charge is 0.391 e. The van der Waals surface area contributed by atoms with Crippen molar-refractivity contribution in [1.82, 2.24) is 15.5 Å². The van der Waals surface area contributed by atoms with Gasteiger partial charge in [-0.3, -0.25) is 4.79 Å². The Hall–Kier alpha value is -2.99. The minimum atomic E-state index is -0.630. The lowest BCUT2D eigenvalue weighted by Gasteiger charge is -2.12. The Bertz CT molecular complexity index is 771. The molecule has 0 spiro atoms. The Morgan fingerprint density at radius 2 is 1.88 bits per heavy atom. The van der Waals surface area contributed by atoms with E-state index in [9.17, 15) is 9.90 Å². The summed E-state index contributed by atoms with van der Waals surface area (Å²) < 4.78 is 4.69. The Morgan fingerprint density at radius 3 is 2.54 bits per heavy atom. The molecule has 1 aromatic heterocycles. The number of aliphatic hydroxyl groups is 1. The van der Waals surface area contributed by atoms with E-state index in [2.05, 4.69) is 15.5 Å². The van der Waals surface area contributed by atoms with Crippen LogP contribution < -0.4 is 5.32 Å². The Kier molecular flexibility index (Phi) is 4.98. The molecule has 2 aromatic carbocycles. The predicted octanol–water partition coefficient (Wildman–Crippen LogP) is 2.07. The van der Waals surface area contributed by atoms with Crippen LogP contribution in [0, 0.1) is 0 Å². The molecule has 0 bridgehead atoms. The molecule has 1 unspecified atom stereocenters. The van der Waals surface area contributed by atoms with Gasteiger partial charge in [-0.15, -0.1) is 0 Å². The van der Waals surface area contributed by atoms with Crippen LogP contribution in [-0.2, 0) is 6.42 Å². The van der Waals surface area contributed by atoms with Crippen LogP contribution in [0.4, 0.5) is 0 Å². The van der Waals surface area contributed by atoms with Gasteiger partial charge in [-0.1, -0.05) is 47.6 Å². The summed E-state index contributed by atoms with van der Waals surface area (Å²) in [5, 5.41) is 16.5. The Balaban J connectivity index is 1.53. The molecule has 1 amide bonds. The lowest BCUT2D eigenvalue weighted by Crippen LogP contribution is -2.33. The molecule has 0 saturated carbocycles. The topological polar surface area (TPSA) is 88.2 Å². The van der Waals surface area contributed by atoms with Crippen LogP contribution in [0.3, 0.4) is 0 Å². The highest BCUT2D eigenvalue weighted by atomic mass is 16.5. The van der Waals surface area contributed by atoms with E-state index in [0.29, 0.717) is 17.8 Å². The van der Waals surface area contributed by atoms with Crippen molar-refractivity contribution in [1.29, 1.82) is 0 Å². The fourth-order valence-electron chi connectivity index (χ4n) is 2.34. The van der Waals surface area contributed by atoms with Gasteiger partial charge in [-0.2, -0.15) is 4.98 Å². The summed E-state index contributed by atoms with van der Waals surface area (Å²) in [4.78, 5) is 16.1. The van der Waals surface area contributed by atoms with Crippen molar-refractivity contribution in [2.75, 3.05) is 6.54 Å². The van der Waals surface area contributed by atoms with E-state index in [1.54, 1.807) is 24.3 Å². The van der Waals surface area contributed by atoms with Crippen LogP contribution in [-0.4, -0.2) is 33.8 Å². The molecule has 0 aliphatic rings. The molecular weight excluding hydrogens is 306 g/mol. The first-order chi connectivity index (χ1) is 11.7. The molecule has 24 heavy (non-hydrogen) atoms. The third-order valence-corrected chi connectivity index (χ3v) is 3.58. The van der Waals surface area contributed by atoms with Crippen LogP contribution in [0.2, 0.25) is 0 Å². The first kappa shape index (κ1) is 15.9. The van der Waals surface area contributed by atoms with Gasteiger partial charge in [0.15, 0.2) is 0 Å². The number of rotatable bonds is 6. The third-order valence-electron chi connectivity index (χ3n) is 3.58. The number of amides is 1. The number of aliphatic hydroxyl groups excluding tert-OH is 1. The van der Waals surface area contributed by atoms with E-state index >= 15 is 0 Å². The van der Waals surface area contributed by atoms with E-state index in [4.69, 9.17) is 4.52 Å². The number of hydrogen-bond donors (Lipinski definition) is 2. The standard InChI is InChI=1S/C18H17N3O3/c22-16(10-13-4-2-1-3-5-13)11-19-18(23)15-8-6-14(7-9-15)17-20-12-24-21-17/h1-9,12,16,22H,10-11H2,(H,19,23). The molecular formula is C18H17N3O3. The molecule has 3 rings (SSSR count). The molecule has 0 aliphatic heterocycles. The van der Waals surface area contributed by atoms with Gasteiger partial charge in [0.1, 0.15) is 0 Å². The minimum absolute atomic E-state index is 0.195. The van der Waals surface area contributed by atoms with Crippen LogP contribution in [0.5, 0.6) is 0 Å². The van der Waals surface area contributed by atoms with Gasteiger partial charge in [0.25, 0.3) is 5.91 Å². The second-order valence-electron chi connectivity index (χ2n) is 5.39. The molecule has 1 heterocycles. The molecule has 1 atom stereocenters. The van der Waals surface area contributed by atoms with Crippen molar-refractivity contribution in [3.05, 3.63) is 72.1 Å². The van der Waals surface area contributed by atoms with Crippen molar-refractivity contribution in [2.45, 2.75) is 12.5 Å². The number of carbonyl (C=O) groups is 1. The average molecular weight is 323 g/mol. The molecule has 0 fully saturated rings. The van der Waals surface area contributed by atoms with Crippen molar-refractivity contribution < 1.29 is 14.4 Å². The summed E-state index contributed by atoms with van der Waals surface area (Å²) in [6.07, 6.45) is 1.12. The van der Waals surface area contributed by atoms with Crippen LogP contribution in [0.15, 0.2) is 65.5 Å².